The zero-order valence-corrected chi connectivity index (χ0v) is 13.5. The number of rotatable bonds is 5. The Morgan fingerprint density at radius 3 is 2.48 bits per heavy atom. The predicted molar refractivity (Wildman–Crippen MR) is 97.1 cm³/mol. The zero-order valence-electron chi connectivity index (χ0n) is 13.5. The lowest BCUT2D eigenvalue weighted by atomic mass is 10.0. The first-order chi connectivity index (χ1) is 12.3. The smallest absolute Gasteiger partial charge is 0.127 e. The molecule has 0 bridgehead atoms. The van der Waals surface area contributed by atoms with E-state index >= 15 is 0 Å². The molecule has 3 aromatic rings. The highest BCUT2D eigenvalue weighted by molar-refractivity contribution is 5.90. The fourth-order valence-electron chi connectivity index (χ4n) is 2.46. The minimum absolute atomic E-state index is 0.368. The highest BCUT2D eigenvalue weighted by Crippen LogP contribution is 2.25. The van der Waals surface area contributed by atoms with Gasteiger partial charge in [-0.3, -0.25) is 0 Å². The van der Waals surface area contributed by atoms with E-state index < -0.39 is 0 Å². The lowest BCUT2D eigenvalue weighted by Gasteiger charge is -2.10. The number of para-hydroxylation sites is 1. The van der Waals surface area contributed by atoms with Gasteiger partial charge in [0.2, 0.25) is 0 Å². The molecule has 0 saturated heterocycles. The maximum Gasteiger partial charge on any atom is 0.127 e. The van der Waals surface area contributed by atoms with E-state index in [9.17, 15) is 9.65 Å². The molecule has 0 radical (unpaired) electrons. The normalized spacial score (nSPS) is 11.0. The van der Waals surface area contributed by atoms with Crippen molar-refractivity contribution in [2.24, 2.45) is 0 Å². The Morgan fingerprint density at radius 2 is 1.72 bits per heavy atom. The topological polar surface area (TPSA) is 33.0 Å². The summed E-state index contributed by atoms with van der Waals surface area (Å²) >= 11 is 0. The van der Waals surface area contributed by atoms with E-state index in [2.05, 4.69) is 6.07 Å². The van der Waals surface area contributed by atoms with E-state index in [4.69, 9.17) is 4.74 Å². The molecular weight excluding hydrogens is 313 g/mol. The maximum atomic E-state index is 13.4. The van der Waals surface area contributed by atoms with Gasteiger partial charge in [-0.05, 0) is 35.4 Å². The summed E-state index contributed by atoms with van der Waals surface area (Å²) < 4.78 is 19.3. The van der Waals surface area contributed by atoms with E-state index in [0.29, 0.717) is 23.5 Å². The Hall–Kier alpha value is -3.38. The van der Waals surface area contributed by atoms with Gasteiger partial charge in [-0.2, -0.15) is 5.26 Å². The number of hydrogen-bond donors (Lipinski definition) is 0. The Morgan fingerprint density at radius 1 is 0.960 bits per heavy atom. The molecule has 0 heterocycles. The quantitative estimate of drug-likeness (QED) is 0.459. The SMILES string of the molecule is N#CC(=Cc1ccccc1OCc1ccccc1)c1cccc(F)c1. The summed E-state index contributed by atoms with van der Waals surface area (Å²) in [5.41, 5.74) is 2.77. The Bertz CT molecular complexity index is 926. The lowest BCUT2D eigenvalue weighted by Crippen LogP contribution is -1.96. The van der Waals surface area contributed by atoms with Crippen LogP contribution in [-0.4, -0.2) is 0 Å². The first-order valence-electron chi connectivity index (χ1n) is 7.90. The minimum atomic E-state index is -0.368. The van der Waals surface area contributed by atoms with E-state index in [1.165, 1.54) is 12.1 Å². The second-order valence-electron chi connectivity index (χ2n) is 5.49. The van der Waals surface area contributed by atoms with Crippen LogP contribution in [0, 0.1) is 17.1 Å². The zero-order chi connectivity index (χ0) is 17.5. The Balaban J connectivity index is 1.88. The molecule has 0 aromatic heterocycles. The van der Waals surface area contributed by atoms with Gasteiger partial charge in [-0.15, -0.1) is 0 Å². The summed E-state index contributed by atoms with van der Waals surface area (Å²) in [6.07, 6.45) is 1.72. The summed E-state index contributed by atoms with van der Waals surface area (Å²) in [4.78, 5) is 0. The third-order valence-electron chi connectivity index (χ3n) is 3.71. The van der Waals surface area contributed by atoms with E-state index in [1.54, 1.807) is 18.2 Å². The van der Waals surface area contributed by atoms with Gasteiger partial charge in [0.05, 0.1) is 11.6 Å². The van der Waals surface area contributed by atoms with Gasteiger partial charge < -0.3 is 4.74 Å². The third-order valence-corrected chi connectivity index (χ3v) is 3.71. The summed E-state index contributed by atoms with van der Waals surface area (Å²) in [5, 5.41) is 9.45. The summed E-state index contributed by atoms with van der Waals surface area (Å²) in [6.45, 7) is 0.438. The molecule has 0 spiro atoms. The fraction of sp³-hybridized carbons (Fsp3) is 0.0455. The van der Waals surface area contributed by atoms with Gasteiger partial charge in [-0.25, -0.2) is 4.39 Å². The van der Waals surface area contributed by atoms with Crippen molar-refractivity contribution in [3.63, 3.8) is 0 Å². The van der Waals surface area contributed by atoms with Gasteiger partial charge in [0.1, 0.15) is 18.2 Å². The summed E-state index contributed by atoms with van der Waals surface area (Å²) in [6, 6.07) is 25.5. The monoisotopic (exact) mass is 329 g/mol. The molecule has 0 atom stereocenters. The van der Waals surface area contributed by atoms with E-state index in [-0.39, 0.29) is 5.82 Å². The average Bonchev–Trinajstić information content (AvgIpc) is 2.66. The number of halogens is 1. The van der Waals surface area contributed by atoms with Crippen LogP contribution in [0.3, 0.4) is 0 Å². The Labute approximate surface area is 146 Å². The van der Waals surface area contributed by atoms with Crippen molar-refractivity contribution in [3.05, 3.63) is 101 Å². The van der Waals surface area contributed by atoms with Crippen molar-refractivity contribution >= 4 is 11.6 Å². The van der Waals surface area contributed by atoms with Crippen LogP contribution in [-0.2, 0) is 6.61 Å². The number of nitriles is 1. The molecule has 3 aromatic carbocycles. The van der Waals surface area contributed by atoms with Crippen molar-refractivity contribution in [2.45, 2.75) is 6.61 Å². The molecule has 0 unspecified atom stereocenters. The molecule has 0 aliphatic heterocycles. The van der Waals surface area contributed by atoms with Gasteiger partial charge in [-0.1, -0.05) is 60.7 Å². The van der Waals surface area contributed by atoms with Crippen LogP contribution in [0.2, 0.25) is 0 Å². The number of nitrogens with zero attached hydrogens (tertiary/aromatic N) is 1. The molecule has 3 heteroatoms. The van der Waals surface area contributed by atoms with Crippen LogP contribution >= 0.6 is 0 Å². The van der Waals surface area contributed by atoms with Crippen LogP contribution in [0.4, 0.5) is 4.39 Å². The van der Waals surface area contributed by atoms with Crippen molar-refractivity contribution in [1.29, 1.82) is 5.26 Å². The van der Waals surface area contributed by atoms with E-state index in [1.807, 2.05) is 54.6 Å². The molecule has 0 aliphatic rings. The molecule has 3 rings (SSSR count). The highest BCUT2D eigenvalue weighted by atomic mass is 19.1. The lowest BCUT2D eigenvalue weighted by molar-refractivity contribution is 0.305. The number of allylic oxidation sites excluding steroid dienone is 1. The summed E-state index contributed by atoms with van der Waals surface area (Å²) in [7, 11) is 0. The van der Waals surface area contributed by atoms with Crippen LogP contribution in [0.1, 0.15) is 16.7 Å². The van der Waals surface area contributed by atoms with Gasteiger partial charge >= 0.3 is 0 Å². The standard InChI is InChI=1S/C22H16FNO/c23-21-11-6-10-18(14-21)20(15-24)13-19-9-4-5-12-22(19)25-16-17-7-2-1-3-8-17/h1-14H,16H2. The third kappa shape index (κ3) is 4.33. The fourth-order valence-corrected chi connectivity index (χ4v) is 2.46. The molecule has 0 saturated carbocycles. The number of ether oxygens (including phenoxy) is 1. The first kappa shape index (κ1) is 16.5. The first-order valence-corrected chi connectivity index (χ1v) is 7.90. The second-order valence-corrected chi connectivity index (χ2v) is 5.49. The molecule has 25 heavy (non-hydrogen) atoms. The molecule has 0 N–H and O–H groups in total. The predicted octanol–water partition coefficient (Wildman–Crippen LogP) is 5.47. The molecule has 0 aliphatic carbocycles. The maximum absolute atomic E-state index is 13.4. The van der Waals surface area contributed by atoms with Crippen LogP contribution < -0.4 is 4.74 Å². The molecule has 122 valence electrons. The van der Waals surface area contributed by atoms with Gasteiger partial charge in [0.15, 0.2) is 0 Å². The molecular formula is C22H16FNO. The van der Waals surface area contributed by atoms with Gasteiger partial charge in [0, 0.05) is 5.56 Å². The number of benzene rings is 3. The van der Waals surface area contributed by atoms with Crippen molar-refractivity contribution in [2.75, 3.05) is 0 Å². The summed E-state index contributed by atoms with van der Waals surface area (Å²) in [5.74, 6) is 0.308. The minimum Gasteiger partial charge on any atom is -0.488 e. The molecule has 0 fully saturated rings. The van der Waals surface area contributed by atoms with Crippen molar-refractivity contribution in [1.82, 2.24) is 0 Å². The largest absolute Gasteiger partial charge is 0.488 e. The van der Waals surface area contributed by atoms with Crippen LogP contribution in [0.5, 0.6) is 5.75 Å². The number of hydrogen-bond acceptors (Lipinski definition) is 2. The average molecular weight is 329 g/mol. The van der Waals surface area contributed by atoms with Crippen LogP contribution in [0.15, 0.2) is 78.9 Å². The van der Waals surface area contributed by atoms with Crippen molar-refractivity contribution < 1.29 is 9.13 Å². The van der Waals surface area contributed by atoms with Crippen molar-refractivity contribution in [3.8, 4) is 11.8 Å². The van der Waals surface area contributed by atoms with Gasteiger partial charge in [0.25, 0.3) is 0 Å². The highest BCUT2D eigenvalue weighted by Gasteiger charge is 2.06. The molecule has 2 nitrogen and oxygen atoms in total. The van der Waals surface area contributed by atoms with Crippen LogP contribution in [0.25, 0.3) is 11.6 Å². The second kappa shape index (κ2) is 7.94. The van der Waals surface area contributed by atoms with E-state index in [0.717, 1.165) is 11.1 Å². The molecule has 0 amide bonds. The Kier molecular flexibility index (Phi) is 5.23.